The van der Waals surface area contributed by atoms with Gasteiger partial charge in [-0.05, 0) is 0 Å². The summed E-state index contributed by atoms with van der Waals surface area (Å²) in [5.41, 5.74) is 5.27. The lowest BCUT2D eigenvalue weighted by atomic mass is 10.0. The summed E-state index contributed by atoms with van der Waals surface area (Å²) >= 11 is 0. The standard InChI is InChI=1S/C11H19F2N3O2/c12-11(13)1-3-15(4-2-11)8-6-16(7-9(8)17)10(18)5-14/h8-9,17H,1-7,14H2/t8-,9-/m1/s1. The van der Waals surface area contributed by atoms with E-state index in [-0.39, 0.29) is 51.0 Å². The molecule has 2 atom stereocenters. The van der Waals surface area contributed by atoms with Gasteiger partial charge >= 0.3 is 0 Å². The molecule has 0 aromatic carbocycles. The SMILES string of the molecule is NCC(=O)N1C[C@@H](O)[C@H](N2CCC(F)(F)CC2)C1. The highest BCUT2D eigenvalue weighted by atomic mass is 19.3. The molecule has 0 unspecified atom stereocenters. The van der Waals surface area contributed by atoms with Crippen LogP contribution < -0.4 is 5.73 Å². The number of likely N-dealkylation sites (tertiary alicyclic amines) is 2. The second-order valence-corrected chi connectivity index (χ2v) is 5.03. The molecule has 0 aromatic rings. The van der Waals surface area contributed by atoms with Crippen molar-refractivity contribution in [1.82, 2.24) is 9.80 Å². The highest BCUT2D eigenvalue weighted by Gasteiger charge is 2.42. The van der Waals surface area contributed by atoms with E-state index in [4.69, 9.17) is 5.73 Å². The van der Waals surface area contributed by atoms with Crippen LogP contribution >= 0.6 is 0 Å². The number of aliphatic hydroxyl groups is 1. The van der Waals surface area contributed by atoms with Gasteiger partial charge in [-0.1, -0.05) is 0 Å². The highest BCUT2D eigenvalue weighted by Crippen LogP contribution is 2.30. The Balaban J connectivity index is 1.92. The van der Waals surface area contributed by atoms with Gasteiger partial charge in [-0.15, -0.1) is 0 Å². The van der Waals surface area contributed by atoms with E-state index in [0.29, 0.717) is 6.54 Å². The number of halogens is 2. The number of carbonyl (C=O) groups is 1. The number of alkyl halides is 2. The van der Waals surface area contributed by atoms with Crippen LogP contribution in [0.2, 0.25) is 0 Å². The molecule has 0 saturated carbocycles. The van der Waals surface area contributed by atoms with Crippen molar-refractivity contribution in [2.45, 2.75) is 30.9 Å². The molecule has 2 saturated heterocycles. The Labute approximate surface area is 105 Å². The van der Waals surface area contributed by atoms with Crippen molar-refractivity contribution in [2.24, 2.45) is 5.73 Å². The van der Waals surface area contributed by atoms with Crippen molar-refractivity contribution in [3.05, 3.63) is 0 Å². The van der Waals surface area contributed by atoms with E-state index in [2.05, 4.69) is 0 Å². The predicted molar refractivity (Wildman–Crippen MR) is 61.2 cm³/mol. The summed E-state index contributed by atoms with van der Waals surface area (Å²) < 4.78 is 26.1. The number of amides is 1. The minimum Gasteiger partial charge on any atom is -0.390 e. The summed E-state index contributed by atoms with van der Waals surface area (Å²) in [6.45, 7) is 1.06. The fourth-order valence-electron chi connectivity index (χ4n) is 2.64. The first kappa shape index (κ1) is 13.6. The van der Waals surface area contributed by atoms with Crippen molar-refractivity contribution in [2.75, 3.05) is 32.7 Å². The molecular weight excluding hydrogens is 244 g/mol. The number of nitrogens with zero attached hydrogens (tertiary/aromatic N) is 2. The first-order valence-corrected chi connectivity index (χ1v) is 6.21. The summed E-state index contributed by atoms with van der Waals surface area (Å²) in [6.07, 6.45) is -1.03. The first-order chi connectivity index (χ1) is 8.43. The largest absolute Gasteiger partial charge is 0.390 e. The maximum atomic E-state index is 13.1. The molecule has 5 nitrogen and oxygen atoms in total. The van der Waals surface area contributed by atoms with Crippen LogP contribution in [0.25, 0.3) is 0 Å². The lowest BCUT2D eigenvalue weighted by Crippen LogP contribution is -2.49. The van der Waals surface area contributed by atoms with Crippen molar-refractivity contribution >= 4 is 5.91 Å². The molecule has 0 radical (unpaired) electrons. The molecule has 0 aromatic heterocycles. The molecule has 1 amide bonds. The van der Waals surface area contributed by atoms with Crippen LogP contribution in [0.1, 0.15) is 12.8 Å². The van der Waals surface area contributed by atoms with Crippen LogP contribution in [-0.2, 0) is 4.79 Å². The second-order valence-electron chi connectivity index (χ2n) is 5.03. The van der Waals surface area contributed by atoms with Crippen LogP contribution in [0.4, 0.5) is 8.78 Å². The normalized spacial score (nSPS) is 32.8. The number of β-amino-alcohol motifs (C(OH)–C–C–N with tert-alkyl or cyclic N) is 1. The highest BCUT2D eigenvalue weighted by molar-refractivity contribution is 5.78. The van der Waals surface area contributed by atoms with Crippen LogP contribution in [0.5, 0.6) is 0 Å². The monoisotopic (exact) mass is 263 g/mol. The van der Waals surface area contributed by atoms with E-state index in [1.165, 1.54) is 4.90 Å². The lowest BCUT2D eigenvalue weighted by Gasteiger charge is -2.36. The van der Waals surface area contributed by atoms with E-state index >= 15 is 0 Å². The van der Waals surface area contributed by atoms with E-state index in [9.17, 15) is 18.7 Å². The Bertz CT molecular complexity index is 317. The Morgan fingerprint density at radius 2 is 1.94 bits per heavy atom. The smallest absolute Gasteiger partial charge is 0.250 e. The third kappa shape index (κ3) is 2.78. The predicted octanol–water partition coefficient (Wildman–Crippen LogP) is -0.752. The Morgan fingerprint density at radius 3 is 2.50 bits per heavy atom. The molecule has 18 heavy (non-hydrogen) atoms. The van der Waals surface area contributed by atoms with Gasteiger partial charge in [-0.3, -0.25) is 9.69 Å². The fraction of sp³-hybridized carbons (Fsp3) is 0.909. The maximum absolute atomic E-state index is 13.1. The van der Waals surface area contributed by atoms with Crippen LogP contribution in [0.15, 0.2) is 0 Å². The second kappa shape index (κ2) is 5.07. The van der Waals surface area contributed by atoms with E-state index in [1.807, 2.05) is 4.90 Å². The van der Waals surface area contributed by atoms with Gasteiger partial charge in [0.05, 0.1) is 18.7 Å². The average molecular weight is 263 g/mol. The quantitative estimate of drug-likeness (QED) is 0.687. The third-order valence-corrected chi connectivity index (χ3v) is 3.78. The topological polar surface area (TPSA) is 69.8 Å². The summed E-state index contributed by atoms with van der Waals surface area (Å²) in [6, 6.07) is -0.239. The molecule has 0 bridgehead atoms. The maximum Gasteiger partial charge on any atom is 0.250 e. The summed E-state index contributed by atoms with van der Waals surface area (Å²) in [5.74, 6) is -2.80. The van der Waals surface area contributed by atoms with Gasteiger partial charge in [0.2, 0.25) is 5.91 Å². The summed E-state index contributed by atoms with van der Waals surface area (Å²) in [4.78, 5) is 14.8. The number of rotatable bonds is 2. The Morgan fingerprint density at radius 1 is 1.33 bits per heavy atom. The van der Waals surface area contributed by atoms with Gasteiger partial charge in [0, 0.05) is 39.0 Å². The van der Waals surface area contributed by atoms with Gasteiger partial charge in [0.25, 0.3) is 5.92 Å². The van der Waals surface area contributed by atoms with Crippen molar-refractivity contribution in [1.29, 1.82) is 0 Å². The molecule has 2 aliphatic rings. The zero-order valence-electron chi connectivity index (χ0n) is 10.2. The average Bonchev–Trinajstić information content (AvgIpc) is 2.70. The molecule has 3 N–H and O–H groups in total. The first-order valence-electron chi connectivity index (χ1n) is 6.21. The Hall–Kier alpha value is -0.790. The fourth-order valence-corrected chi connectivity index (χ4v) is 2.64. The van der Waals surface area contributed by atoms with Crippen LogP contribution in [0.3, 0.4) is 0 Å². The number of hydrogen-bond acceptors (Lipinski definition) is 4. The molecule has 0 spiro atoms. The van der Waals surface area contributed by atoms with E-state index in [1.54, 1.807) is 0 Å². The van der Waals surface area contributed by atoms with Crippen LogP contribution in [-0.4, -0.2) is 71.6 Å². The zero-order chi connectivity index (χ0) is 13.3. The molecule has 7 heteroatoms. The minimum atomic E-state index is -2.59. The van der Waals surface area contributed by atoms with Crippen molar-refractivity contribution in [3.63, 3.8) is 0 Å². The molecule has 104 valence electrons. The number of piperidine rings is 1. The number of hydrogen-bond donors (Lipinski definition) is 2. The van der Waals surface area contributed by atoms with Gasteiger partial charge in [0.15, 0.2) is 0 Å². The molecular formula is C11H19F2N3O2. The summed E-state index contributed by atoms with van der Waals surface area (Å²) in [5, 5.41) is 9.92. The third-order valence-electron chi connectivity index (χ3n) is 3.78. The van der Waals surface area contributed by atoms with Crippen LogP contribution in [0, 0.1) is 0 Å². The lowest BCUT2D eigenvalue weighted by molar-refractivity contribution is -0.129. The van der Waals surface area contributed by atoms with Gasteiger partial charge < -0.3 is 15.7 Å². The Kier molecular flexibility index (Phi) is 3.84. The molecule has 2 aliphatic heterocycles. The number of nitrogens with two attached hydrogens (primary N) is 1. The molecule has 2 rings (SSSR count). The van der Waals surface area contributed by atoms with E-state index < -0.39 is 12.0 Å². The molecule has 0 aliphatic carbocycles. The van der Waals surface area contributed by atoms with E-state index in [0.717, 1.165) is 0 Å². The van der Waals surface area contributed by atoms with Crippen molar-refractivity contribution in [3.8, 4) is 0 Å². The number of aliphatic hydroxyl groups excluding tert-OH is 1. The molecule has 2 fully saturated rings. The van der Waals surface area contributed by atoms with Gasteiger partial charge in [-0.25, -0.2) is 8.78 Å². The van der Waals surface area contributed by atoms with Gasteiger partial charge in [0.1, 0.15) is 0 Å². The zero-order valence-corrected chi connectivity index (χ0v) is 10.2. The number of carbonyl (C=O) groups excluding carboxylic acids is 1. The summed E-state index contributed by atoms with van der Waals surface area (Å²) in [7, 11) is 0. The molecule has 2 heterocycles. The minimum absolute atomic E-state index is 0.0858. The van der Waals surface area contributed by atoms with Gasteiger partial charge in [-0.2, -0.15) is 0 Å². The van der Waals surface area contributed by atoms with Crippen molar-refractivity contribution < 1.29 is 18.7 Å².